The molecule has 4 nitrogen and oxygen atoms in total. The van der Waals surface area contributed by atoms with Crippen LogP contribution in [-0.4, -0.2) is 19.6 Å². The quantitative estimate of drug-likeness (QED) is 0.680. The van der Waals surface area contributed by atoms with Crippen LogP contribution < -0.4 is 0 Å². The van der Waals surface area contributed by atoms with Crippen molar-refractivity contribution in [1.29, 1.82) is 0 Å². The van der Waals surface area contributed by atoms with Crippen LogP contribution in [0.4, 0.5) is 0 Å². The molecule has 0 radical (unpaired) electrons. The van der Waals surface area contributed by atoms with Gasteiger partial charge in [-0.2, -0.15) is 10.2 Å². The number of para-hydroxylation sites is 1. The smallest absolute Gasteiger partial charge is 0.0918 e. The van der Waals surface area contributed by atoms with Crippen LogP contribution in [0.5, 0.6) is 0 Å². The van der Waals surface area contributed by atoms with Gasteiger partial charge < -0.3 is 0 Å². The third-order valence-corrected chi connectivity index (χ3v) is 3.50. The van der Waals surface area contributed by atoms with E-state index in [9.17, 15) is 0 Å². The lowest BCUT2D eigenvalue weighted by Crippen LogP contribution is -2.02. The van der Waals surface area contributed by atoms with E-state index in [1.54, 1.807) is 0 Å². The Labute approximate surface area is 119 Å². The number of aryl methyl sites for hydroxylation is 1. The van der Waals surface area contributed by atoms with Gasteiger partial charge in [0.15, 0.2) is 0 Å². The fourth-order valence-corrected chi connectivity index (χ4v) is 2.58. The van der Waals surface area contributed by atoms with Gasteiger partial charge in [0.1, 0.15) is 0 Å². The van der Waals surface area contributed by atoms with E-state index < -0.39 is 0 Å². The number of rotatable bonds is 3. The van der Waals surface area contributed by atoms with Crippen molar-refractivity contribution in [2.24, 2.45) is 0 Å². The molecule has 3 aromatic rings. The van der Waals surface area contributed by atoms with Gasteiger partial charge in [-0.3, -0.25) is 9.36 Å². The van der Waals surface area contributed by atoms with E-state index in [0.717, 1.165) is 22.4 Å². The third kappa shape index (κ3) is 2.03. The van der Waals surface area contributed by atoms with Crippen LogP contribution in [0.25, 0.3) is 10.9 Å². The lowest BCUT2D eigenvalue weighted by atomic mass is 10.2. The summed E-state index contributed by atoms with van der Waals surface area (Å²) < 4.78 is 5.11. The molecular weight excluding hydrogens is 339 g/mol. The molecule has 18 heavy (non-hydrogen) atoms. The molecule has 92 valence electrons. The number of aromatic nitrogens is 4. The van der Waals surface area contributed by atoms with Crippen molar-refractivity contribution in [2.45, 2.75) is 20.0 Å². The average molecular weight is 352 g/mol. The van der Waals surface area contributed by atoms with Gasteiger partial charge in [0, 0.05) is 18.1 Å². The van der Waals surface area contributed by atoms with Crippen LogP contribution in [0.1, 0.15) is 12.6 Å². The molecule has 0 aliphatic carbocycles. The summed E-state index contributed by atoms with van der Waals surface area (Å²) in [6.07, 6.45) is 3.89. The highest BCUT2D eigenvalue weighted by Crippen LogP contribution is 2.19. The van der Waals surface area contributed by atoms with Crippen molar-refractivity contribution in [1.82, 2.24) is 19.6 Å². The molecule has 2 aromatic heterocycles. The first-order valence-electron chi connectivity index (χ1n) is 5.90. The summed E-state index contributed by atoms with van der Waals surface area (Å²) >= 11 is 2.27. The Hall–Kier alpha value is -1.37. The number of halogens is 1. The highest BCUT2D eigenvalue weighted by Gasteiger charge is 2.09. The average Bonchev–Trinajstić information content (AvgIpc) is 2.95. The van der Waals surface area contributed by atoms with Crippen LogP contribution in [0.2, 0.25) is 0 Å². The van der Waals surface area contributed by atoms with E-state index in [1.165, 1.54) is 10.9 Å². The highest BCUT2D eigenvalue weighted by molar-refractivity contribution is 14.1. The van der Waals surface area contributed by atoms with Crippen LogP contribution in [0.15, 0.2) is 36.7 Å². The Morgan fingerprint density at radius 1 is 1.28 bits per heavy atom. The van der Waals surface area contributed by atoms with E-state index >= 15 is 0 Å². The molecule has 5 heteroatoms. The van der Waals surface area contributed by atoms with Crippen molar-refractivity contribution in [3.63, 3.8) is 0 Å². The molecule has 0 N–H and O–H groups in total. The molecule has 0 bridgehead atoms. The van der Waals surface area contributed by atoms with E-state index in [-0.39, 0.29) is 0 Å². The summed E-state index contributed by atoms with van der Waals surface area (Å²) in [6, 6.07) is 8.34. The minimum atomic E-state index is 0.719. The summed E-state index contributed by atoms with van der Waals surface area (Å²) in [6.45, 7) is 3.72. The van der Waals surface area contributed by atoms with Gasteiger partial charge in [0.05, 0.1) is 27.5 Å². The zero-order chi connectivity index (χ0) is 12.5. The third-order valence-electron chi connectivity index (χ3n) is 2.95. The molecule has 2 heterocycles. The Balaban J connectivity index is 2.06. The van der Waals surface area contributed by atoms with Crippen molar-refractivity contribution in [3.8, 4) is 0 Å². The molecule has 0 unspecified atom stereocenters. The second kappa shape index (κ2) is 4.72. The first-order valence-corrected chi connectivity index (χ1v) is 6.98. The van der Waals surface area contributed by atoms with E-state index in [1.807, 2.05) is 21.8 Å². The SMILES string of the molecule is CCn1nc(Cn2cc(I)cn2)c2ccccc21. The molecule has 3 rings (SSSR count). The van der Waals surface area contributed by atoms with Gasteiger partial charge in [-0.1, -0.05) is 18.2 Å². The van der Waals surface area contributed by atoms with Crippen LogP contribution in [0.3, 0.4) is 0 Å². The van der Waals surface area contributed by atoms with Gasteiger partial charge in [0.2, 0.25) is 0 Å². The lowest BCUT2D eigenvalue weighted by molar-refractivity contribution is 0.627. The van der Waals surface area contributed by atoms with Crippen LogP contribution >= 0.6 is 22.6 Å². The molecule has 0 atom stereocenters. The fraction of sp³-hybridized carbons (Fsp3) is 0.231. The molecular formula is C13H13IN4. The highest BCUT2D eigenvalue weighted by atomic mass is 127. The Morgan fingerprint density at radius 2 is 2.11 bits per heavy atom. The number of benzene rings is 1. The van der Waals surface area contributed by atoms with E-state index in [4.69, 9.17) is 0 Å². The molecule has 0 saturated carbocycles. The Kier molecular flexibility index (Phi) is 3.07. The van der Waals surface area contributed by atoms with E-state index in [2.05, 4.69) is 64.0 Å². The number of hydrogen-bond donors (Lipinski definition) is 0. The lowest BCUT2D eigenvalue weighted by Gasteiger charge is -1.97. The molecule has 0 saturated heterocycles. The maximum Gasteiger partial charge on any atom is 0.0918 e. The van der Waals surface area contributed by atoms with Crippen molar-refractivity contribution < 1.29 is 0 Å². The largest absolute Gasteiger partial charge is 0.266 e. The fourth-order valence-electron chi connectivity index (χ4n) is 2.13. The molecule has 0 spiro atoms. The summed E-state index contributed by atoms with van der Waals surface area (Å²) in [7, 11) is 0. The van der Waals surface area contributed by atoms with Gasteiger partial charge in [0.25, 0.3) is 0 Å². The predicted octanol–water partition coefficient (Wildman–Crippen LogP) is 2.91. The second-order valence-electron chi connectivity index (χ2n) is 4.14. The summed E-state index contributed by atoms with van der Waals surface area (Å²) in [5.41, 5.74) is 2.27. The molecule has 1 aromatic carbocycles. The van der Waals surface area contributed by atoms with Crippen molar-refractivity contribution in [2.75, 3.05) is 0 Å². The Bertz CT molecular complexity index is 683. The molecule has 0 aliphatic heterocycles. The number of nitrogens with zero attached hydrogens (tertiary/aromatic N) is 4. The first-order chi connectivity index (χ1) is 8.78. The zero-order valence-electron chi connectivity index (χ0n) is 10.0. The summed E-state index contributed by atoms with van der Waals surface area (Å²) in [5.74, 6) is 0. The van der Waals surface area contributed by atoms with Gasteiger partial charge in [-0.05, 0) is 35.6 Å². The standard InChI is InChI=1S/C13H13IN4/c1-2-18-13-6-4-3-5-11(13)12(16-18)9-17-8-10(14)7-15-17/h3-8H,2,9H2,1H3. The Morgan fingerprint density at radius 3 is 2.83 bits per heavy atom. The van der Waals surface area contributed by atoms with Gasteiger partial charge in [-0.15, -0.1) is 0 Å². The second-order valence-corrected chi connectivity index (χ2v) is 5.38. The maximum absolute atomic E-state index is 4.67. The van der Waals surface area contributed by atoms with Gasteiger partial charge in [-0.25, -0.2) is 0 Å². The minimum Gasteiger partial charge on any atom is -0.266 e. The zero-order valence-corrected chi connectivity index (χ0v) is 12.2. The number of fused-ring (bicyclic) bond motifs is 1. The van der Waals surface area contributed by atoms with Crippen LogP contribution in [0, 0.1) is 3.57 Å². The summed E-state index contributed by atoms with van der Waals surface area (Å²) in [4.78, 5) is 0. The molecule has 0 fully saturated rings. The van der Waals surface area contributed by atoms with E-state index in [0.29, 0.717) is 0 Å². The predicted molar refractivity (Wildman–Crippen MR) is 79.5 cm³/mol. The van der Waals surface area contributed by atoms with Crippen LogP contribution in [-0.2, 0) is 13.1 Å². The van der Waals surface area contributed by atoms with Gasteiger partial charge >= 0.3 is 0 Å². The minimum absolute atomic E-state index is 0.719. The maximum atomic E-state index is 4.67. The topological polar surface area (TPSA) is 35.6 Å². The normalized spacial score (nSPS) is 11.2. The number of hydrogen-bond acceptors (Lipinski definition) is 2. The molecule has 0 aliphatic rings. The molecule has 0 amide bonds. The first kappa shape index (κ1) is 11.7. The van der Waals surface area contributed by atoms with Crippen molar-refractivity contribution >= 4 is 33.5 Å². The van der Waals surface area contributed by atoms with Crippen molar-refractivity contribution in [3.05, 3.63) is 45.9 Å². The summed E-state index contributed by atoms with van der Waals surface area (Å²) in [5, 5.41) is 10.2. The monoisotopic (exact) mass is 352 g/mol.